The van der Waals surface area contributed by atoms with Gasteiger partial charge in [-0.1, -0.05) is 0 Å². The second-order valence-corrected chi connectivity index (χ2v) is 3.39. The van der Waals surface area contributed by atoms with Crippen molar-refractivity contribution in [2.45, 2.75) is 6.92 Å². The molecule has 78 valence electrons. The lowest BCUT2D eigenvalue weighted by atomic mass is 10.2. The molecule has 0 radical (unpaired) electrons. The number of nitrogens with two attached hydrogens (primary N) is 1. The molecule has 1 aromatic carbocycles. The van der Waals surface area contributed by atoms with Crippen LogP contribution in [0.25, 0.3) is 5.69 Å². The fourth-order valence-corrected chi connectivity index (χ4v) is 1.44. The Morgan fingerprint density at radius 3 is 2.73 bits per heavy atom. The maximum Gasteiger partial charge on any atom is 0.123 e. The van der Waals surface area contributed by atoms with Crippen LogP contribution in [-0.2, 0) is 0 Å². The Balaban J connectivity index is 2.48. The van der Waals surface area contributed by atoms with Gasteiger partial charge in [0.15, 0.2) is 0 Å². The summed E-state index contributed by atoms with van der Waals surface area (Å²) in [4.78, 5) is 4.16. The molecular formula is C11H13N3O. The monoisotopic (exact) mass is 203 g/mol. The van der Waals surface area contributed by atoms with E-state index in [1.807, 2.05) is 29.8 Å². The minimum Gasteiger partial charge on any atom is -0.497 e. The molecule has 0 amide bonds. The highest BCUT2D eigenvalue weighted by Gasteiger charge is 2.01. The van der Waals surface area contributed by atoms with E-state index in [-0.39, 0.29) is 0 Å². The predicted molar refractivity (Wildman–Crippen MR) is 59.3 cm³/mol. The molecule has 2 N–H and O–H groups in total. The number of aromatic nitrogens is 2. The minimum atomic E-state index is 0.677. The first-order valence-corrected chi connectivity index (χ1v) is 4.64. The molecule has 4 nitrogen and oxygen atoms in total. The zero-order valence-electron chi connectivity index (χ0n) is 8.77. The van der Waals surface area contributed by atoms with Crippen molar-refractivity contribution < 1.29 is 4.74 Å². The average molecular weight is 203 g/mol. The van der Waals surface area contributed by atoms with Crippen molar-refractivity contribution in [2.75, 3.05) is 12.8 Å². The van der Waals surface area contributed by atoms with E-state index >= 15 is 0 Å². The zero-order valence-corrected chi connectivity index (χ0v) is 8.77. The fourth-order valence-electron chi connectivity index (χ4n) is 1.44. The molecule has 0 atom stereocenters. The molecule has 15 heavy (non-hydrogen) atoms. The third-order valence-corrected chi connectivity index (χ3v) is 2.16. The summed E-state index contributed by atoms with van der Waals surface area (Å²) >= 11 is 0. The van der Waals surface area contributed by atoms with Crippen LogP contribution in [0.2, 0.25) is 0 Å². The van der Waals surface area contributed by atoms with Gasteiger partial charge in [-0.2, -0.15) is 0 Å². The molecule has 1 heterocycles. The molecule has 0 aliphatic carbocycles. The Morgan fingerprint density at radius 2 is 2.13 bits per heavy atom. The van der Waals surface area contributed by atoms with Gasteiger partial charge in [0.25, 0.3) is 0 Å². The van der Waals surface area contributed by atoms with Gasteiger partial charge < -0.3 is 15.0 Å². The van der Waals surface area contributed by atoms with Gasteiger partial charge in [0.1, 0.15) is 5.75 Å². The molecule has 0 saturated heterocycles. The molecule has 4 heteroatoms. The van der Waals surface area contributed by atoms with Crippen LogP contribution in [0, 0.1) is 6.92 Å². The van der Waals surface area contributed by atoms with Crippen LogP contribution >= 0.6 is 0 Å². The largest absolute Gasteiger partial charge is 0.497 e. The van der Waals surface area contributed by atoms with E-state index in [0.29, 0.717) is 5.69 Å². The lowest BCUT2D eigenvalue weighted by Gasteiger charge is -2.06. The quantitative estimate of drug-likeness (QED) is 0.757. The zero-order chi connectivity index (χ0) is 10.8. The van der Waals surface area contributed by atoms with Crippen LogP contribution in [0.5, 0.6) is 5.75 Å². The molecule has 1 aromatic heterocycles. The molecule has 0 saturated carbocycles. The summed E-state index contributed by atoms with van der Waals surface area (Å²) in [7, 11) is 1.62. The van der Waals surface area contributed by atoms with Crippen molar-refractivity contribution >= 4 is 5.69 Å². The number of imidazole rings is 1. The number of hydrogen-bond acceptors (Lipinski definition) is 3. The number of ether oxygens (including phenoxy) is 1. The average Bonchev–Trinajstić information content (AvgIpc) is 2.64. The van der Waals surface area contributed by atoms with Crippen molar-refractivity contribution in [1.29, 1.82) is 0 Å². The summed E-state index contributed by atoms with van der Waals surface area (Å²) in [6, 6.07) is 5.58. The number of rotatable bonds is 2. The van der Waals surface area contributed by atoms with E-state index in [4.69, 9.17) is 10.5 Å². The van der Waals surface area contributed by atoms with E-state index < -0.39 is 0 Å². The van der Waals surface area contributed by atoms with Gasteiger partial charge in [-0.05, 0) is 13.0 Å². The Morgan fingerprint density at radius 1 is 1.33 bits per heavy atom. The van der Waals surface area contributed by atoms with Crippen LogP contribution in [0.3, 0.4) is 0 Å². The lowest BCUT2D eigenvalue weighted by Crippen LogP contribution is -1.95. The van der Waals surface area contributed by atoms with Crippen molar-refractivity contribution in [3.63, 3.8) is 0 Å². The van der Waals surface area contributed by atoms with Gasteiger partial charge >= 0.3 is 0 Å². The topological polar surface area (TPSA) is 53.1 Å². The molecule has 0 aliphatic rings. The number of nitrogen functional groups attached to an aromatic ring is 1. The lowest BCUT2D eigenvalue weighted by molar-refractivity contribution is 0.415. The van der Waals surface area contributed by atoms with E-state index in [9.17, 15) is 0 Å². The first-order valence-electron chi connectivity index (χ1n) is 4.64. The summed E-state index contributed by atoms with van der Waals surface area (Å²) in [6.45, 7) is 1.94. The van der Waals surface area contributed by atoms with Crippen LogP contribution in [0.1, 0.15) is 5.69 Å². The number of nitrogens with zero attached hydrogens (tertiary/aromatic N) is 2. The maximum atomic E-state index is 5.77. The number of benzene rings is 1. The van der Waals surface area contributed by atoms with Crippen molar-refractivity contribution in [2.24, 2.45) is 0 Å². The second-order valence-electron chi connectivity index (χ2n) is 3.39. The van der Waals surface area contributed by atoms with Gasteiger partial charge in [0.2, 0.25) is 0 Å². The second kappa shape index (κ2) is 3.65. The Labute approximate surface area is 88.3 Å². The summed E-state index contributed by atoms with van der Waals surface area (Å²) in [5.74, 6) is 0.747. The number of aryl methyl sites for hydroxylation is 1. The van der Waals surface area contributed by atoms with Gasteiger partial charge in [-0.15, -0.1) is 0 Å². The molecule has 0 bridgehead atoms. The molecule has 2 rings (SSSR count). The van der Waals surface area contributed by atoms with Crippen LogP contribution in [0.15, 0.2) is 30.7 Å². The van der Waals surface area contributed by atoms with Crippen LogP contribution in [0.4, 0.5) is 5.69 Å². The van der Waals surface area contributed by atoms with E-state index in [1.165, 1.54) is 0 Å². The smallest absolute Gasteiger partial charge is 0.123 e. The summed E-state index contributed by atoms with van der Waals surface area (Å²) < 4.78 is 7.06. The highest BCUT2D eigenvalue weighted by Crippen LogP contribution is 2.21. The first-order chi connectivity index (χ1) is 7.19. The minimum absolute atomic E-state index is 0.677. The molecule has 0 spiro atoms. The first kappa shape index (κ1) is 9.58. The standard InChI is InChI=1S/C11H13N3O/c1-8-6-14(7-13-8)10-3-9(12)4-11(5-10)15-2/h3-7H,12H2,1-2H3. The normalized spacial score (nSPS) is 10.3. The van der Waals surface area contributed by atoms with Gasteiger partial charge in [0, 0.05) is 24.0 Å². The fraction of sp³-hybridized carbons (Fsp3) is 0.182. The highest BCUT2D eigenvalue weighted by molar-refractivity contribution is 5.53. The summed E-state index contributed by atoms with van der Waals surface area (Å²) in [5, 5.41) is 0. The van der Waals surface area contributed by atoms with Crippen molar-refractivity contribution in [3.05, 3.63) is 36.4 Å². The Kier molecular flexibility index (Phi) is 2.33. The SMILES string of the molecule is COc1cc(N)cc(-n2cnc(C)c2)c1. The maximum absolute atomic E-state index is 5.77. The number of hydrogen-bond donors (Lipinski definition) is 1. The molecule has 0 aliphatic heterocycles. The third kappa shape index (κ3) is 1.93. The van der Waals surface area contributed by atoms with Crippen molar-refractivity contribution in [3.8, 4) is 11.4 Å². The molecular weight excluding hydrogens is 190 g/mol. The van der Waals surface area contributed by atoms with E-state index in [0.717, 1.165) is 17.1 Å². The third-order valence-electron chi connectivity index (χ3n) is 2.16. The Hall–Kier alpha value is -1.97. The van der Waals surface area contributed by atoms with E-state index in [1.54, 1.807) is 19.5 Å². The number of anilines is 1. The molecule has 0 unspecified atom stereocenters. The predicted octanol–water partition coefficient (Wildman–Crippen LogP) is 1.77. The van der Waals surface area contributed by atoms with Crippen LogP contribution < -0.4 is 10.5 Å². The summed E-state index contributed by atoms with van der Waals surface area (Å²) in [6.07, 6.45) is 3.69. The van der Waals surface area contributed by atoms with Gasteiger partial charge in [-0.3, -0.25) is 0 Å². The highest BCUT2D eigenvalue weighted by atomic mass is 16.5. The molecule has 0 fully saturated rings. The van der Waals surface area contributed by atoms with Gasteiger partial charge in [-0.25, -0.2) is 4.98 Å². The summed E-state index contributed by atoms with van der Waals surface area (Å²) in [5.41, 5.74) is 8.36. The molecule has 2 aromatic rings. The van der Waals surface area contributed by atoms with Gasteiger partial charge in [0.05, 0.1) is 24.8 Å². The van der Waals surface area contributed by atoms with E-state index in [2.05, 4.69) is 4.98 Å². The van der Waals surface area contributed by atoms with Crippen LogP contribution in [-0.4, -0.2) is 16.7 Å². The van der Waals surface area contributed by atoms with Crippen molar-refractivity contribution in [1.82, 2.24) is 9.55 Å². The number of methoxy groups -OCH3 is 1. The Bertz CT molecular complexity index is 476.